The predicted octanol–water partition coefficient (Wildman–Crippen LogP) is 5.50. The molecule has 0 atom stereocenters. The van der Waals surface area contributed by atoms with Crippen LogP contribution in [0.2, 0.25) is 0 Å². The van der Waals surface area contributed by atoms with E-state index in [1.54, 1.807) is 20.3 Å². The molecular weight excluding hydrogens is 374 g/mol. The Morgan fingerprint density at radius 3 is 2.07 bits per heavy atom. The van der Waals surface area contributed by atoms with E-state index in [-0.39, 0.29) is 5.43 Å². The van der Waals surface area contributed by atoms with E-state index in [4.69, 9.17) is 9.47 Å². The van der Waals surface area contributed by atoms with Gasteiger partial charge < -0.3 is 14.0 Å². The highest BCUT2D eigenvalue weighted by atomic mass is 16.5. The third kappa shape index (κ3) is 3.37. The quantitative estimate of drug-likeness (QED) is 0.447. The van der Waals surface area contributed by atoms with Gasteiger partial charge >= 0.3 is 0 Å². The molecule has 1 heterocycles. The van der Waals surface area contributed by atoms with E-state index in [2.05, 4.69) is 4.57 Å². The van der Waals surface area contributed by atoms with Crippen LogP contribution < -0.4 is 14.9 Å². The van der Waals surface area contributed by atoms with Crippen molar-refractivity contribution < 1.29 is 9.47 Å². The van der Waals surface area contributed by atoms with Crippen LogP contribution in [-0.2, 0) is 0 Å². The van der Waals surface area contributed by atoms with E-state index in [1.165, 1.54) is 0 Å². The van der Waals surface area contributed by atoms with E-state index in [1.807, 2.05) is 85.8 Å². The number of para-hydroxylation sites is 2. The first-order valence-corrected chi connectivity index (χ1v) is 9.74. The molecule has 0 saturated carbocycles. The number of benzene rings is 3. The molecule has 0 spiro atoms. The molecule has 150 valence electrons. The molecule has 3 aromatic carbocycles. The largest absolute Gasteiger partial charge is 0.493 e. The van der Waals surface area contributed by atoms with Crippen LogP contribution in [0, 0.1) is 6.92 Å². The van der Waals surface area contributed by atoms with Crippen LogP contribution in [0.25, 0.3) is 28.2 Å². The van der Waals surface area contributed by atoms with E-state index in [0.29, 0.717) is 17.1 Å². The van der Waals surface area contributed by atoms with Crippen molar-refractivity contribution in [3.8, 4) is 39.7 Å². The van der Waals surface area contributed by atoms with Gasteiger partial charge in [0.1, 0.15) is 0 Å². The van der Waals surface area contributed by atoms with Gasteiger partial charge in [0.15, 0.2) is 16.9 Å². The first-order valence-electron chi connectivity index (χ1n) is 9.74. The number of rotatable bonds is 5. The number of methoxy groups -OCH3 is 2. The Balaban J connectivity index is 2.16. The van der Waals surface area contributed by atoms with Crippen molar-refractivity contribution in [3.63, 3.8) is 0 Å². The topological polar surface area (TPSA) is 40.5 Å². The molecule has 0 aliphatic carbocycles. The van der Waals surface area contributed by atoms with Crippen molar-refractivity contribution >= 4 is 0 Å². The van der Waals surface area contributed by atoms with Crippen LogP contribution in [0.3, 0.4) is 0 Å². The van der Waals surface area contributed by atoms with Crippen LogP contribution in [-0.4, -0.2) is 18.8 Å². The SMILES string of the molecule is COc1cccc(-c2cc(=O)c(C)c(-c3ccccc3)n2-c2ccccc2)c1OC. The summed E-state index contributed by atoms with van der Waals surface area (Å²) in [6.07, 6.45) is 0. The summed E-state index contributed by atoms with van der Waals surface area (Å²) < 4.78 is 13.3. The minimum absolute atomic E-state index is 0.0269. The van der Waals surface area contributed by atoms with Gasteiger partial charge in [-0.2, -0.15) is 0 Å². The fourth-order valence-electron chi connectivity index (χ4n) is 3.78. The number of hydrogen-bond donors (Lipinski definition) is 0. The number of nitrogens with zero attached hydrogens (tertiary/aromatic N) is 1. The zero-order valence-corrected chi connectivity index (χ0v) is 17.3. The van der Waals surface area contributed by atoms with E-state index in [9.17, 15) is 4.79 Å². The van der Waals surface area contributed by atoms with Crippen LogP contribution in [0.4, 0.5) is 0 Å². The van der Waals surface area contributed by atoms with E-state index in [0.717, 1.165) is 28.2 Å². The minimum atomic E-state index is -0.0269. The average molecular weight is 397 g/mol. The second-order valence-electron chi connectivity index (χ2n) is 6.95. The normalized spacial score (nSPS) is 10.6. The van der Waals surface area contributed by atoms with Crippen LogP contribution in [0.1, 0.15) is 5.56 Å². The first-order chi connectivity index (χ1) is 14.7. The van der Waals surface area contributed by atoms with Crippen LogP contribution >= 0.6 is 0 Å². The maximum atomic E-state index is 13.1. The van der Waals surface area contributed by atoms with Gasteiger partial charge in [0.2, 0.25) is 0 Å². The Labute approximate surface area is 176 Å². The van der Waals surface area contributed by atoms with Gasteiger partial charge in [-0.15, -0.1) is 0 Å². The third-order valence-corrected chi connectivity index (χ3v) is 5.20. The standard InChI is InChI=1S/C26H23NO3/c1-18-23(28)17-22(21-15-10-16-24(29-2)26(21)30-3)27(20-13-8-5-9-14-20)25(18)19-11-6-4-7-12-19/h4-17H,1-3H3. The van der Waals surface area contributed by atoms with Crippen molar-refractivity contribution in [1.29, 1.82) is 0 Å². The number of pyridine rings is 1. The number of aromatic nitrogens is 1. The van der Waals surface area contributed by atoms with Gasteiger partial charge in [-0.25, -0.2) is 0 Å². The highest BCUT2D eigenvalue weighted by Gasteiger charge is 2.20. The Kier molecular flexibility index (Phi) is 5.40. The van der Waals surface area contributed by atoms with Gasteiger partial charge in [0.25, 0.3) is 0 Å². The second-order valence-corrected chi connectivity index (χ2v) is 6.95. The summed E-state index contributed by atoms with van der Waals surface area (Å²) in [5.74, 6) is 1.20. The van der Waals surface area contributed by atoms with Crippen molar-refractivity contribution in [1.82, 2.24) is 4.57 Å². The summed E-state index contributed by atoms with van der Waals surface area (Å²) in [4.78, 5) is 13.1. The molecule has 0 radical (unpaired) electrons. The Morgan fingerprint density at radius 1 is 0.767 bits per heavy atom. The maximum Gasteiger partial charge on any atom is 0.185 e. The summed E-state index contributed by atoms with van der Waals surface area (Å²) in [6.45, 7) is 1.87. The zero-order chi connectivity index (χ0) is 21.1. The van der Waals surface area contributed by atoms with Crippen LogP contribution in [0.5, 0.6) is 11.5 Å². The maximum absolute atomic E-state index is 13.1. The molecule has 0 fully saturated rings. The van der Waals surface area contributed by atoms with Gasteiger partial charge in [-0.3, -0.25) is 4.79 Å². The lowest BCUT2D eigenvalue weighted by atomic mass is 10.0. The first kappa shape index (κ1) is 19.5. The molecule has 0 unspecified atom stereocenters. The second kappa shape index (κ2) is 8.29. The van der Waals surface area contributed by atoms with Crippen molar-refractivity contribution in [2.45, 2.75) is 6.92 Å². The smallest absolute Gasteiger partial charge is 0.185 e. The summed E-state index contributed by atoms with van der Waals surface area (Å²) in [6, 6.07) is 27.4. The molecule has 4 heteroatoms. The highest BCUT2D eigenvalue weighted by Crippen LogP contribution is 2.40. The zero-order valence-electron chi connectivity index (χ0n) is 17.3. The van der Waals surface area contributed by atoms with Crippen molar-refractivity contribution in [3.05, 3.63) is 101 Å². The summed E-state index contributed by atoms with van der Waals surface area (Å²) in [7, 11) is 3.22. The predicted molar refractivity (Wildman–Crippen MR) is 121 cm³/mol. The van der Waals surface area contributed by atoms with Gasteiger partial charge in [0, 0.05) is 22.9 Å². The van der Waals surface area contributed by atoms with Crippen LogP contribution in [0.15, 0.2) is 89.7 Å². The molecule has 1 aromatic heterocycles. The van der Waals surface area contributed by atoms with E-state index < -0.39 is 0 Å². The number of hydrogen-bond acceptors (Lipinski definition) is 3. The Hall–Kier alpha value is -3.79. The molecule has 0 amide bonds. The monoisotopic (exact) mass is 397 g/mol. The summed E-state index contributed by atoms with van der Waals surface area (Å²) in [5, 5.41) is 0. The fourth-order valence-corrected chi connectivity index (χ4v) is 3.78. The van der Waals surface area contributed by atoms with Gasteiger partial charge in [-0.1, -0.05) is 54.6 Å². The van der Waals surface area contributed by atoms with Crippen molar-refractivity contribution in [2.75, 3.05) is 14.2 Å². The summed E-state index contributed by atoms with van der Waals surface area (Å²) in [5.41, 5.74) is 4.98. The molecule has 0 saturated heterocycles. The molecule has 0 N–H and O–H groups in total. The molecule has 4 rings (SSSR count). The number of ether oxygens (including phenoxy) is 2. The van der Waals surface area contributed by atoms with Gasteiger partial charge in [-0.05, 0) is 36.8 Å². The average Bonchev–Trinajstić information content (AvgIpc) is 2.80. The lowest BCUT2D eigenvalue weighted by Gasteiger charge is -2.23. The fraction of sp³-hybridized carbons (Fsp3) is 0.115. The van der Waals surface area contributed by atoms with Gasteiger partial charge in [0.05, 0.1) is 25.6 Å². The van der Waals surface area contributed by atoms with E-state index >= 15 is 0 Å². The summed E-state index contributed by atoms with van der Waals surface area (Å²) >= 11 is 0. The highest BCUT2D eigenvalue weighted by molar-refractivity contribution is 5.78. The third-order valence-electron chi connectivity index (χ3n) is 5.20. The van der Waals surface area contributed by atoms with Crippen molar-refractivity contribution in [2.24, 2.45) is 0 Å². The molecule has 0 bridgehead atoms. The lowest BCUT2D eigenvalue weighted by molar-refractivity contribution is 0.356. The molecular formula is C26H23NO3. The Morgan fingerprint density at radius 2 is 1.43 bits per heavy atom. The molecule has 0 aliphatic heterocycles. The molecule has 0 aliphatic rings. The lowest BCUT2D eigenvalue weighted by Crippen LogP contribution is -2.16. The molecule has 4 aromatic rings. The molecule has 4 nitrogen and oxygen atoms in total. The Bertz CT molecular complexity index is 1230. The minimum Gasteiger partial charge on any atom is -0.493 e. The molecule has 30 heavy (non-hydrogen) atoms.